The zero-order valence-corrected chi connectivity index (χ0v) is 31.3. The van der Waals surface area contributed by atoms with Crippen molar-refractivity contribution in [1.82, 2.24) is 0 Å². The number of phosphoric acid groups is 1. The van der Waals surface area contributed by atoms with E-state index in [-0.39, 0.29) is 19.4 Å². The van der Waals surface area contributed by atoms with Crippen molar-refractivity contribution in [3.63, 3.8) is 0 Å². The molecule has 10 nitrogen and oxygen atoms in total. The van der Waals surface area contributed by atoms with Crippen LogP contribution < -0.4 is 0 Å². The molecular weight excluding hydrogens is 647 g/mol. The summed E-state index contributed by atoms with van der Waals surface area (Å²) in [6, 6.07) is 0. The maximum Gasteiger partial charge on any atom is 0.472 e. The van der Waals surface area contributed by atoms with Crippen LogP contribution in [0.4, 0.5) is 0 Å². The number of aliphatic hydroxyl groups is 2. The van der Waals surface area contributed by atoms with Crippen LogP contribution in [-0.2, 0) is 32.7 Å². The van der Waals surface area contributed by atoms with E-state index in [2.05, 4.69) is 42.7 Å². The molecule has 0 spiro atoms. The van der Waals surface area contributed by atoms with Crippen molar-refractivity contribution in [3.8, 4) is 0 Å². The lowest BCUT2D eigenvalue weighted by Crippen LogP contribution is -2.29. The van der Waals surface area contributed by atoms with Crippen LogP contribution in [0.2, 0.25) is 0 Å². The predicted octanol–water partition coefficient (Wildman–Crippen LogP) is 8.99. The fraction of sp³-hybridized carbons (Fsp3) is 0.737. The van der Waals surface area contributed by atoms with Crippen molar-refractivity contribution >= 4 is 19.8 Å². The number of aliphatic hydroxyl groups excluding tert-OH is 2. The summed E-state index contributed by atoms with van der Waals surface area (Å²) in [5.74, 6) is -1.09. The van der Waals surface area contributed by atoms with Crippen molar-refractivity contribution in [2.24, 2.45) is 0 Å². The Morgan fingerprint density at radius 2 is 1.06 bits per heavy atom. The predicted molar refractivity (Wildman–Crippen MR) is 196 cm³/mol. The Morgan fingerprint density at radius 1 is 0.612 bits per heavy atom. The minimum Gasteiger partial charge on any atom is -0.462 e. The van der Waals surface area contributed by atoms with E-state index in [9.17, 15) is 24.2 Å². The first-order valence-electron chi connectivity index (χ1n) is 18.6. The van der Waals surface area contributed by atoms with Gasteiger partial charge >= 0.3 is 19.8 Å². The summed E-state index contributed by atoms with van der Waals surface area (Å²) in [4.78, 5) is 34.7. The zero-order chi connectivity index (χ0) is 36.3. The molecular formula is C38H67O10P. The molecule has 0 aliphatic heterocycles. The van der Waals surface area contributed by atoms with Gasteiger partial charge in [0.25, 0.3) is 0 Å². The summed E-state index contributed by atoms with van der Waals surface area (Å²) in [6.07, 6.45) is 34.0. The van der Waals surface area contributed by atoms with Crippen molar-refractivity contribution in [3.05, 3.63) is 48.6 Å². The standard InChI is InChI=1S/C38H67O10P/c1-3-5-7-9-11-13-15-17-19-21-23-25-27-29-37(41)45-33-36(34-47-49(43,44)46-32-35(40)31-39)48-38(42)30-28-26-24-22-20-18-16-14-12-10-8-6-4-2/h17-20,23-26,35-36,39-40H,3-16,21-22,27-34H2,1-2H3,(H,43,44)/b19-17+,20-18+,25-23+,26-24+/t35-,36?/m0/s1. The number of carbonyl (C=O) groups excluding carboxylic acids is 2. The Bertz CT molecular complexity index is 962. The Labute approximate surface area is 296 Å². The second-order valence-electron chi connectivity index (χ2n) is 12.2. The largest absolute Gasteiger partial charge is 0.472 e. The van der Waals surface area contributed by atoms with Gasteiger partial charge in [0.2, 0.25) is 0 Å². The van der Waals surface area contributed by atoms with E-state index in [0.29, 0.717) is 12.8 Å². The van der Waals surface area contributed by atoms with Crippen LogP contribution in [0.25, 0.3) is 0 Å². The van der Waals surface area contributed by atoms with Gasteiger partial charge in [0.15, 0.2) is 6.10 Å². The molecule has 0 heterocycles. The Balaban J connectivity index is 4.56. The second kappa shape index (κ2) is 34.4. The van der Waals surface area contributed by atoms with E-state index >= 15 is 0 Å². The molecule has 0 rings (SSSR count). The van der Waals surface area contributed by atoms with Crippen molar-refractivity contribution in [2.75, 3.05) is 26.4 Å². The van der Waals surface area contributed by atoms with Gasteiger partial charge in [-0.3, -0.25) is 18.6 Å². The molecule has 0 fully saturated rings. The highest BCUT2D eigenvalue weighted by Crippen LogP contribution is 2.43. The molecule has 284 valence electrons. The summed E-state index contributed by atoms with van der Waals surface area (Å²) in [5, 5.41) is 18.2. The fourth-order valence-electron chi connectivity index (χ4n) is 4.57. The highest BCUT2D eigenvalue weighted by atomic mass is 31.2. The summed E-state index contributed by atoms with van der Waals surface area (Å²) in [7, 11) is -4.63. The molecule has 0 saturated heterocycles. The number of hydrogen-bond acceptors (Lipinski definition) is 9. The minimum absolute atomic E-state index is 0.0661. The summed E-state index contributed by atoms with van der Waals surface area (Å²) in [6.45, 7) is 2.20. The maximum absolute atomic E-state index is 12.5. The molecule has 3 N–H and O–H groups in total. The number of unbranched alkanes of at least 4 members (excludes halogenated alkanes) is 12. The van der Waals surface area contributed by atoms with Gasteiger partial charge < -0.3 is 24.6 Å². The first-order valence-corrected chi connectivity index (χ1v) is 20.1. The molecule has 0 aromatic carbocycles. The molecule has 0 aromatic heterocycles. The molecule has 0 amide bonds. The lowest BCUT2D eigenvalue weighted by Gasteiger charge is -2.20. The molecule has 2 unspecified atom stereocenters. The fourth-order valence-corrected chi connectivity index (χ4v) is 5.36. The number of ether oxygens (including phenoxy) is 2. The van der Waals surface area contributed by atoms with Gasteiger partial charge in [0.05, 0.1) is 19.8 Å². The first-order chi connectivity index (χ1) is 23.7. The number of carbonyl (C=O) groups is 2. The average Bonchev–Trinajstić information content (AvgIpc) is 3.09. The number of hydrogen-bond donors (Lipinski definition) is 3. The Hall–Kier alpha value is -2.07. The van der Waals surface area contributed by atoms with Crippen LogP contribution in [0.3, 0.4) is 0 Å². The van der Waals surface area contributed by atoms with Crippen LogP contribution >= 0.6 is 7.82 Å². The van der Waals surface area contributed by atoms with Gasteiger partial charge in [-0.05, 0) is 51.4 Å². The normalized spacial score (nSPS) is 14.6. The molecule has 0 bridgehead atoms. The zero-order valence-electron chi connectivity index (χ0n) is 30.4. The molecule has 0 aromatic rings. The molecule has 3 atom stereocenters. The van der Waals surface area contributed by atoms with E-state index in [1.807, 2.05) is 24.3 Å². The topological polar surface area (TPSA) is 149 Å². The van der Waals surface area contributed by atoms with E-state index in [1.54, 1.807) is 0 Å². The lowest BCUT2D eigenvalue weighted by atomic mass is 10.1. The van der Waals surface area contributed by atoms with Crippen LogP contribution in [-0.4, -0.2) is 65.7 Å². The van der Waals surface area contributed by atoms with Crippen molar-refractivity contribution < 1.29 is 47.8 Å². The number of allylic oxidation sites excluding steroid dienone is 8. The van der Waals surface area contributed by atoms with Gasteiger partial charge in [-0.25, -0.2) is 4.57 Å². The molecule has 11 heteroatoms. The molecule has 49 heavy (non-hydrogen) atoms. The number of rotatable bonds is 34. The quantitative estimate of drug-likeness (QED) is 0.0255. The number of phosphoric ester groups is 1. The second-order valence-corrected chi connectivity index (χ2v) is 13.7. The van der Waals surface area contributed by atoms with Crippen molar-refractivity contribution in [1.29, 1.82) is 0 Å². The highest BCUT2D eigenvalue weighted by molar-refractivity contribution is 7.47. The van der Waals surface area contributed by atoms with Gasteiger partial charge in [-0.15, -0.1) is 0 Å². The average molecular weight is 715 g/mol. The van der Waals surface area contributed by atoms with E-state index in [0.717, 1.165) is 25.7 Å². The van der Waals surface area contributed by atoms with Gasteiger partial charge in [0, 0.05) is 12.8 Å². The molecule has 0 aliphatic rings. The van der Waals surface area contributed by atoms with Gasteiger partial charge in [-0.2, -0.15) is 0 Å². The van der Waals surface area contributed by atoms with E-state index in [1.165, 1.54) is 77.0 Å². The summed E-state index contributed by atoms with van der Waals surface area (Å²) in [5.41, 5.74) is 0. The third kappa shape index (κ3) is 34.2. The lowest BCUT2D eigenvalue weighted by molar-refractivity contribution is -0.161. The Kier molecular flexibility index (Phi) is 32.9. The molecule has 0 radical (unpaired) electrons. The Morgan fingerprint density at radius 3 is 1.57 bits per heavy atom. The summed E-state index contributed by atoms with van der Waals surface area (Å²) >= 11 is 0. The van der Waals surface area contributed by atoms with Crippen LogP contribution in [0.1, 0.15) is 142 Å². The number of esters is 2. The SMILES string of the molecule is CCCCCCCC/C=C/C/C=C/CCC(=O)OCC(COP(=O)(O)OC[C@@H](O)CO)OC(=O)CC/C=C/C/C=C/CCCCCCCC. The van der Waals surface area contributed by atoms with Crippen LogP contribution in [0.15, 0.2) is 48.6 Å². The van der Waals surface area contributed by atoms with E-state index in [4.69, 9.17) is 19.1 Å². The third-order valence-corrected chi connectivity index (χ3v) is 8.43. The maximum atomic E-state index is 12.5. The highest BCUT2D eigenvalue weighted by Gasteiger charge is 2.27. The van der Waals surface area contributed by atoms with E-state index < -0.39 is 51.8 Å². The smallest absolute Gasteiger partial charge is 0.462 e. The third-order valence-electron chi connectivity index (χ3n) is 7.48. The summed E-state index contributed by atoms with van der Waals surface area (Å²) < 4.78 is 32.4. The minimum atomic E-state index is -4.63. The van der Waals surface area contributed by atoms with Gasteiger partial charge in [-0.1, -0.05) is 127 Å². The first kappa shape index (κ1) is 46.9. The molecule has 0 saturated carbocycles. The van der Waals surface area contributed by atoms with Crippen LogP contribution in [0, 0.1) is 0 Å². The molecule has 0 aliphatic carbocycles. The van der Waals surface area contributed by atoms with Crippen LogP contribution in [0.5, 0.6) is 0 Å². The van der Waals surface area contributed by atoms with Crippen molar-refractivity contribution in [2.45, 2.75) is 154 Å². The monoisotopic (exact) mass is 714 g/mol. The van der Waals surface area contributed by atoms with Gasteiger partial charge in [0.1, 0.15) is 12.7 Å².